The number of ether oxygens (including phenoxy) is 1. The molecule has 1 rings (SSSR count). The monoisotopic (exact) mass is 384 g/mol. The molecule has 0 spiro atoms. The summed E-state index contributed by atoms with van der Waals surface area (Å²) in [5.41, 5.74) is 0. The van der Waals surface area contributed by atoms with Crippen molar-refractivity contribution in [3.63, 3.8) is 0 Å². The van der Waals surface area contributed by atoms with E-state index in [1.165, 1.54) is 0 Å². The zero-order valence-electron chi connectivity index (χ0n) is 17.5. The van der Waals surface area contributed by atoms with E-state index in [0.717, 1.165) is 13.0 Å². The van der Waals surface area contributed by atoms with Gasteiger partial charge in [-0.2, -0.15) is 0 Å². The highest BCUT2D eigenvalue weighted by atomic mass is 16.5. The minimum Gasteiger partial charge on any atom is -0.450 e. The van der Waals surface area contributed by atoms with E-state index in [0.29, 0.717) is 39.3 Å². The van der Waals surface area contributed by atoms with E-state index in [9.17, 15) is 14.4 Å². The molecule has 0 aromatic rings. The number of nitrogens with zero attached hydrogens (tertiary/aromatic N) is 3. The Morgan fingerprint density at radius 1 is 1.04 bits per heavy atom. The molecule has 1 heterocycles. The number of nitrogens with one attached hydrogen (secondary N) is 1. The van der Waals surface area contributed by atoms with Crippen molar-refractivity contribution in [3.8, 4) is 0 Å². The van der Waals surface area contributed by atoms with Gasteiger partial charge in [-0.15, -0.1) is 0 Å². The van der Waals surface area contributed by atoms with Gasteiger partial charge in [0.1, 0.15) is 6.04 Å². The summed E-state index contributed by atoms with van der Waals surface area (Å²) in [5.74, 6) is 0.00397. The van der Waals surface area contributed by atoms with Gasteiger partial charge in [0, 0.05) is 39.3 Å². The van der Waals surface area contributed by atoms with Gasteiger partial charge in [0.25, 0.3) is 0 Å². The molecule has 1 aliphatic heterocycles. The first-order chi connectivity index (χ1) is 12.8. The van der Waals surface area contributed by atoms with Crippen LogP contribution in [0.15, 0.2) is 0 Å². The molecule has 156 valence electrons. The largest absolute Gasteiger partial charge is 0.450 e. The number of alkyl carbamates (subject to hydrolysis) is 1. The molecule has 8 heteroatoms. The Morgan fingerprint density at radius 2 is 1.70 bits per heavy atom. The zero-order valence-corrected chi connectivity index (χ0v) is 17.5. The quantitative estimate of drug-likeness (QED) is 0.679. The second-order valence-electron chi connectivity index (χ2n) is 7.11. The van der Waals surface area contributed by atoms with Crippen LogP contribution in [-0.2, 0) is 14.3 Å². The average molecular weight is 385 g/mol. The second-order valence-corrected chi connectivity index (χ2v) is 7.11. The molecule has 0 aromatic carbocycles. The van der Waals surface area contributed by atoms with Gasteiger partial charge < -0.3 is 19.9 Å². The summed E-state index contributed by atoms with van der Waals surface area (Å²) in [5, 5.41) is 2.68. The summed E-state index contributed by atoms with van der Waals surface area (Å²) in [4.78, 5) is 42.7. The van der Waals surface area contributed by atoms with Crippen LogP contribution in [0.4, 0.5) is 4.79 Å². The molecule has 3 amide bonds. The van der Waals surface area contributed by atoms with Gasteiger partial charge in [0.05, 0.1) is 13.2 Å². The molecule has 1 N–H and O–H groups in total. The van der Waals surface area contributed by atoms with Gasteiger partial charge in [-0.1, -0.05) is 13.8 Å². The standard InChI is InChI=1S/C19H36N4O4/c1-6-22(7-2)16(24)14-21-10-9-11-23(13-12-21)18(25)17(15(4)5)20-19(26)27-8-3/h15,17H,6-14H2,1-5H3,(H,20,26)/t17-/m1/s1. The van der Waals surface area contributed by atoms with Crippen molar-refractivity contribution in [2.24, 2.45) is 5.92 Å². The molecule has 27 heavy (non-hydrogen) atoms. The Bertz CT molecular complexity index is 494. The summed E-state index contributed by atoms with van der Waals surface area (Å²) in [7, 11) is 0. The lowest BCUT2D eigenvalue weighted by Gasteiger charge is -2.29. The number of amides is 3. The predicted octanol–water partition coefficient (Wildman–Crippen LogP) is 1.16. The van der Waals surface area contributed by atoms with Crippen molar-refractivity contribution in [2.75, 3.05) is 52.4 Å². The number of carbonyl (C=O) groups excluding carboxylic acids is 3. The maximum absolute atomic E-state index is 12.9. The third kappa shape index (κ3) is 7.36. The van der Waals surface area contributed by atoms with Crippen LogP contribution in [0, 0.1) is 5.92 Å². The van der Waals surface area contributed by atoms with Crippen molar-refractivity contribution >= 4 is 17.9 Å². The average Bonchev–Trinajstić information content (AvgIpc) is 2.86. The molecule has 1 saturated heterocycles. The van der Waals surface area contributed by atoms with E-state index in [1.807, 2.05) is 32.6 Å². The summed E-state index contributed by atoms with van der Waals surface area (Å²) in [6.07, 6.45) is 0.243. The molecule has 0 saturated carbocycles. The van der Waals surface area contributed by atoms with Crippen LogP contribution >= 0.6 is 0 Å². The van der Waals surface area contributed by atoms with Gasteiger partial charge >= 0.3 is 6.09 Å². The SMILES string of the molecule is CCOC(=O)N[C@@H](C(=O)N1CCCN(CC(=O)N(CC)CC)CC1)C(C)C. The van der Waals surface area contributed by atoms with Crippen LogP contribution in [0.2, 0.25) is 0 Å². The summed E-state index contributed by atoms with van der Waals surface area (Å²) >= 11 is 0. The van der Waals surface area contributed by atoms with E-state index in [1.54, 1.807) is 11.8 Å². The van der Waals surface area contributed by atoms with Gasteiger partial charge in [-0.05, 0) is 33.1 Å². The van der Waals surface area contributed by atoms with Crippen LogP contribution in [0.25, 0.3) is 0 Å². The molecule has 8 nitrogen and oxygen atoms in total. The Kier molecular flexibility index (Phi) is 10.1. The fourth-order valence-electron chi connectivity index (χ4n) is 3.23. The number of carbonyl (C=O) groups is 3. The lowest BCUT2D eigenvalue weighted by Crippen LogP contribution is -2.52. The first-order valence-electron chi connectivity index (χ1n) is 10.1. The highest BCUT2D eigenvalue weighted by molar-refractivity contribution is 5.86. The maximum Gasteiger partial charge on any atom is 0.407 e. The van der Waals surface area contributed by atoms with Crippen molar-refractivity contribution in [2.45, 2.75) is 47.1 Å². The molecule has 0 unspecified atom stereocenters. The molecule has 0 aromatic heterocycles. The van der Waals surface area contributed by atoms with Crippen molar-refractivity contribution in [1.29, 1.82) is 0 Å². The number of hydrogen-bond acceptors (Lipinski definition) is 5. The Balaban J connectivity index is 2.64. The van der Waals surface area contributed by atoms with Crippen LogP contribution in [0.5, 0.6) is 0 Å². The normalized spacial score (nSPS) is 16.6. The van der Waals surface area contributed by atoms with Crippen LogP contribution < -0.4 is 5.32 Å². The van der Waals surface area contributed by atoms with E-state index in [4.69, 9.17) is 4.74 Å². The predicted molar refractivity (Wildman–Crippen MR) is 104 cm³/mol. The molecule has 1 aliphatic rings. The first-order valence-corrected chi connectivity index (χ1v) is 10.1. The number of rotatable bonds is 8. The molecule has 0 bridgehead atoms. The van der Waals surface area contributed by atoms with Gasteiger partial charge in [0.2, 0.25) is 11.8 Å². The topological polar surface area (TPSA) is 82.2 Å². The fraction of sp³-hybridized carbons (Fsp3) is 0.842. The van der Waals surface area contributed by atoms with E-state index >= 15 is 0 Å². The Morgan fingerprint density at radius 3 is 2.26 bits per heavy atom. The lowest BCUT2D eigenvalue weighted by atomic mass is 10.0. The third-order valence-electron chi connectivity index (χ3n) is 4.86. The molecule has 0 aliphatic carbocycles. The van der Waals surface area contributed by atoms with E-state index in [2.05, 4.69) is 10.2 Å². The Hall–Kier alpha value is -1.83. The van der Waals surface area contributed by atoms with Gasteiger partial charge in [-0.25, -0.2) is 4.79 Å². The van der Waals surface area contributed by atoms with Gasteiger partial charge in [-0.3, -0.25) is 14.5 Å². The van der Waals surface area contributed by atoms with E-state index in [-0.39, 0.29) is 24.3 Å². The van der Waals surface area contributed by atoms with Crippen LogP contribution in [-0.4, -0.2) is 91.1 Å². The first kappa shape index (κ1) is 23.2. The van der Waals surface area contributed by atoms with Gasteiger partial charge in [0.15, 0.2) is 0 Å². The second kappa shape index (κ2) is 11.8. The van der Waals surface area contributed by atoms with Crippen molar-refractivity contribution in [3.05, 3.63) is 0 Å². The highest BCUT2D eigenvalue weighted by Gasteiger charge is 2.30. The summed E-state index contributed by atoms with van der Waals surface area (Å²) < 4.78 is 4.92. The molecule has 1 fully saturated rings. The molecule has 1 atom stereocenters. The Labute approximate surface area is 163 Å². The zero-order chi connectivity index (χ0) is 20.4. The van der Waals surface area contributed by atoms with Crippen LogP contribution in [0.3, 0.4) is 0 Å². The lowest BCUT2D eigenvalue weighted by molar-refractivity contribution is -0.134. The number of likely N-dealkylation sites (N-methyl/N-ethyl adjacent to an activating group) is 1. The van der Waals surface area contributed by atoms with Crippen molar-refractivity contribution < 1.29 is 19.1 Å². The molecule has 0 radical (unpaired) electrons. The fourth-order valence-corrected chi connectivity index (χ4v) is 3.23. The minimum absolute atomic E-state index is 0.0366. The van der Waals surface area contributed by atoms with Crippen LogP contribution in [0.1, 0.15) is 41.0 Å². The summed E-state index contributed by atoms with van der Waals surface area (Å²) in [6.45, 7) is 14.2. The molecular formula is C19H36N4O4. The van der Waals surface area contributed by atoms with Crippen molar-refractivity contribution in [1.82, 2.24) is 20.0 Å². The minimum atomic E-state index is -0.604. The third-order valence-corrected chi connectivity index (χ3v) is 4.86. The highest BCUT2D eigenvalue weighted by Crippen LogP contribution is 2.11. The smallest absolute Gasteiger partial charge is 0.407 e. The number of hydrogen-bond donors (Lipinski definition) is 1. The van der Waals surface area contributed by atoms with E-state index < -0.39 is 12.1 Å². The maximum atomic E-state index is 12.9. The molecular weight excluding hydrogens is 348 g/mol. The summed E-state index contributed by atoms with van der Waals surface area (Å²) in [6, 6.07) is -0.604.